The van der Waals surface area contributed by atoms with Crippen LogP contribution in [0.4, 0.5) is 5.69 Å². The maximum Gasteiger partial charge on any atom is 0.255 e. The quantitative estimate of drug-likeness (QED) is 0.598. The van der Waals surface area contributed by atoms with Crippen molar-refractivity contribution in [3.05, 3.63) is 60.2 Å². The van der Waals surface area contributed by atoms with Crippen molar-refractivity contribution in [1.82, 2.24) is 0 Å². The highest BCUT2D eigenvalue weighted by atomic mass is 32.2. The average Bonchev–Trinajstić information content (AvgIpc) is 2.61. The van der Waals surface area contributed by atoms with Crippen LogP contribution < -0.4 is 14.8 Å². The van der Waals surface area contributed by atoms with Gasteiger partial charge in [-0.25, -0.2) is 0 Å². The molecule has 2 aromatic carbocycles. The predicted octanol–water partition coefficient (Wildman–Crippen LogP) is 4.41. The summed E-state index contributed by atoms with van der Waals surface area (Å²) in [7, 11) is 3.14. The molecule has 0 saturated carbocycles. The zero-order chi connectivity index (χ0) is 17.5. The molecule has 0 fully saturated rings. The maximum absolute atomic E-state index is 12.6. The first-order valence-corrected chi connectivity index (χ1v) is 8.66. The Labute approximate surface area is 146 Å². The van der Waals surface area contributed by atoms with Crippen LogP contribution in [0.5, 0.6) is 11.5 Å². The van der Waals surface area contributed by atoms with Crippen LogP contribution in [0.3, 0.4) is 0 Å². The predicted molar refractivity (Wildman–Crippen MR) is 99.6 cm³/mol. The number of benzene rings is 2. The van der Waals surface area contributed by atoms with Gasteiger partial charge in [-0.15, -0.1) is 18.3 Å². The molecule has 0 aliphatic carbocycles. The number of carbonyl (C=O) groups is 1. The molecule has 2 rings (SSSR count). The Balaban J connectivity index is 2.34. The summed E-state index contributed by atoms with van der Waals surface area (Å²) in [5.41, 5.74) is 2.13. The summed E-state index contributed by atoms with van der Waals surface area (Å²) in [6, 6.07) is 11.2. The van der Waals surface area contributed by atoms with E-state index >= 15 is 0 Å². The number of amides is 1. The molecule has 0 spiro atoms. The minimum Gasteiger partial charge on any atom is -0.493 e. The van der Waals surface area contributed by atoms with Crippen LogP contribution in [-0.2, 0) is 6.42 Å². The Hall–Kier alpha value is -2.40. The molecular formula is C19H21NO3S. The highest BCUT2D eigenvalue weighted by Crippen LogP contribution is 2.33. The van der Waals surface area contributed by atoms with E-state index in [-0.39, 0.29) is 5.91 Å². The summed E-state index contributed by atoms with van der Waals surface area (Å²) < 4.78 is 10.8. The molecule has 0 unspecified atom stereocenters. The molecule has 0 saturated heterocycles. The Kier molecular flexibility index (Phi) is 6.32. The summed E-state index contributed by atoms with van der Waals surface area (Å²) >= 11 is 1.63. The third-order valence-electron chi connectivity index (χ3n) is 3.51. The molecule has 1 amide bonds. The molecule has 126 valence electrons. The number of nitrogens with one attached hydrogen (secondary N) is 1. The van der Waals surface area contributed by atoms with Gasteiger partial charge in [-0.05, 0) is 43.0 Å². The van der Waals surface area contributed by atoms with E-state index in [0.717, 1.165) is 16.1 Å². The number of anilines is 1. The Morgan fingerprint density at radius 1 is 1.25 bits per heavy atom. The molecule has 2 aromatic rings. The minimum atomic E-state index is -0.195. The zero-order valence-corrected chi connectivity index (χ0v) is 14.9. The largest absolute Gasteiger partial charge is 0.493 e. The van der Waals surface area contributed by atoms with Crippen molar-refractivity contribution in [2.24, 2.45) is 0 Å². The summed E-state index contributed by atoms with van der Waals surface area (Å²) in [6.45, 7) is 3.75. The Morgan fingerprint density at radius 2 is 2.04 bits per heavy atom. The standard InChI is InChI=1S/C19H21NO3S/c1-5-7-13-10-14(11-17(22-2)18(13)23-3)19(21)20-15-8-6-9-16(12-15)24-4/h5-6,8-12H,1,7H2,2-4H3,(H,20,21). The van der Waals surface area contributed by atoms with Crippen LogP contribution >= 0.6 is 11.8 Å². The smallest absolute Gasteiger partial charge is 0.255 e. The van der Waals surface area contributed by atoms with Gasteiger partial charge in [0.05, 0.1) is 14.2 Å². The van der Waals surface area contributed by atoms with Crippen LogP contribution in [0.25, 0.3) is 0 Å². The van der Waals surface area contributed by atoms with Crippen molar-refractivity contribution >= 4 is 23.4 Å². The van der Waals surface area contributed by atoms with E-state index in [1.807, 2.05) is 30.5 Å². The number of ether oxygens (including phenoxy) is 2. The second-order valence-electron chi connectivity index (χ2n) is 5.05. The second kappa shape index (κ2) is 8.45. The number of hydrogen-bond donors (Lipinski definition) is 1. The lowest BCUT2D eigenvalue weighted by Crippen LogP contribution is -2.13. The maximum atomic E-state index is 12.6. The third-order valence-corrected chi connectivity index (χ3v) is 4.24. The topological polar surface area (TPSA) is 47.6 Å². The first-order chi connectivity index (χ1) is 11.6. The van der Waals surface area contributed by atoms with Crippen molar-refractivity contribution in [1.29, 1.82) is 0 Å². The van der Waals surface area contributed by atoms with Gasteiger partial charge < -0.3 is 14.8 Å². The normalized spacial score (nSPS) is 10.1. The lowest BCUT2D eigenvalue weighted by Gasteiger charge is -2.14. The molecule has 5 heteroatoms. The van der Waals surface area contributed by atoms with Gasteiger partial charge in [0.1, 0.15) is 0 Å². The molecule has 0 heterocycles. The van der Waals surface area contributed by atoms with Gasteiger partial charge in [0.15, 0.2) is 11.5 Å². The first kappa shape index (κ1) is 17.9. The second-order valence-corrected chi connectivity index (χ2v) is 5.93. The lowest BCUT2D eigenvalue weighted by atomic mass is 10.0. The van der Waals surface area contributed by atoms with Gasteiger partial charge in [-0.3, -0.25) is 4.79 Å². The SMILES string of the molecule is C=CCc1cc(C(=O)Nc2cccc(SC)c2)cc(OC)c1OC. The molecular weight excluding hydrogens is 322 g/mol. The third kappa shape index (κ3) is 4.11. The summed E-state index contributed by atoms with van der Waals surface area (Å²) in [6.07, 6.45) is 4.35. The first-order valence-electron chi connectivity index (χ1n) is 7.44. The van der Waals surface area contributed by atoms with Crippen LogP contribution in [0.2, 0.25) is 0 Å². The number of allylic oxidation sites excluding steroid dienone is 1. The van der Waals surface area contributed by atoms with Gasteiger partial charge in [0, 0.05) is 21.7 Å². The minimum absolute atomic E-state index is 0.195. The molecule has 24 heavy (non-hydrogen) atoms. The van der Waals surface area contributed by atoms with Crippen molar-refractivity contribution < 1.29 is 14.3 Å². The Morgan fingerprint density at radius 3 is 2.67 bits per heavy atom. The molecule has 0 aliphatic rings. The Bertz CT molecular complexity index is 743. The number of methoxy groups -OCH3 is 2. The fraction of sp³-hybridized carbons (Fsp3) is 0.211. The molecule has 0 aromatic heterocycles. The van der Waals surface area contributed by atoms with E-state index in [0.29, 0.717) is 23.5 Å². The van der Waals surface area contributed by atoms with Gasteiger partial charge in [0.2, 0.25) is 0 Å². The highest BCUT2D eigenvalue weighted by Gasteiger charge is 2.16. The molecule has 0 radical (unpaired) electrons. The molecule has 4 nitrogen and oxygen atoms in total. The average molecular weight is 343 g/mol. The summed E-state index contributed by atoms with van der Waals surface area (Å²) in [5.74, 6) is 0.956. The van der Waals surface area contributed by atoms with E-state index in [9.17, 15) is 4.79 Å². The van der Waals surface area contributed by atoms with Crippen LogP contribution in [0.1, 0.15) is 15.9 Å². The highest BCUT2D eigenvalue weighted by molar-refractivity contribution is 7.98. The van der Waals surface area contributed by atoms with E-state index in [1.54, 1.807) is 44.2 Å². The van der Waals surface area contributed by atoms with Crippen molar-refractivity contribution in [3.63, 3.8) is 0 Å². The molecule has 1 N–H and O–H groups in total. The van der Waals surface area contributed by atoms with Crippen molar-refractivity contribution in [2.45, 2.75) is 11.3 Å². The number of hydrogen-bond acceptors (Lipinski definition) is 4. The molecule has 0 atom stereocenters. The molecule has 0 bridgehead atoms. The van der Waals surface area contributed by atoms with Gasteiger partial charge in [0.25, 0.3) is 5.91 Å². The van der Waals surface area contributed by atoms with Crippen LogP contribution in [0, 0.1) is 0 Å². The molecule has 0 aliphatic heterocycles. The number of thioether (sulfide) groups is 1. The van der Waals surface area contributed by atoms with E-state index < -0.39 is 0 Å². The summed E-state index contributed by atoms with van der Waals surface area (Å²) in [5, 5.41) is 2.92. The van der Waals surface area contributed by atoms with Gasteiger partial charge >= 0.3 is 0 Å². The number of rotatable bonds is 7. The fourth-order valence-electron chi connectivity index (χ4n) is 2.39. The number of carbonyl (C=O) groups excluding carboxylic acids is 1. The van der Waals surface area contributed by atoms with Crippen LogP contribution in [0.15, 0.2) is 53.9 Å². The monoisotopic (exact) mass is 343 g/mol. The van der Waals surface area contributed by atoms with E-state index in [4.69, 9.17) is 9.47 Å². The van der Waals surface area contributed by atoms with Gasteiger partial charge in [-0.1, -0.05) is 12.1 Å². The zero-order valence-electron chi connectivity index (χ0n) is 14.1. The lowest BCUT2D eigenvalue weighted by molar-refractivity contribution is 0.102. The van der Waals surface area contributed by atoms with E-state index in [1.165, 1.54) is 0 Å². The van der Waals surface area contributed by atoms with Crippen LogP contribution in [-0.4, -0.2) is 26.4 Å². The summed E-state index contributed by atoms with van der Waals surface area (Å²) in [4.78, 5) is 13.7. The van der Waals surface area contributed by atoms with Gasteiger partial charge in [-0.2, -0.15) is 0 Å². The van der Waals surface area contributed by atoms with Crippen molar-refractivity contribution in [3.8, 4) is 11.5 Å². The van der Waals surface area contributed by atoms with Crippen molar-refractivity contribution in [2.75, 3.05) is 25.8 Å². The van der Waals surface area contributed by atoms with E-state index in [2.05, 4.69) is 11.9 Å². The fourth-order valence-corrected chi connectivity index (χ4v) is 2.85.